The molecule has 1 saturated heterocycles. The van der Waals surface area contributed by atoms with E-state index in [1.165, 1.54) is 24.3 Å². The SMILES string of the molecule is CC(C)C(=O)NC1(C)C[C@@H](c2ccc(F)cc2)O[C@@H](c2ccc(F)cc2)C1. The molecule has 0 spiro atoms. The van der Waals surface area contributed by atoms with Crippen LogP contribution in [0.5, 0.6) is 0 Å². The summed E-state index contributed by atoms with van der Waals surface area (Å²) < 4.78 is 32.9. The Labute approximate surface area is 158 Å². The van der Waals surface area contributed by atoms with Crippen molar-refractivity contribution in [3.63, 3.8) is 0 Å². The first-order valence-electron chi connectivity index (χ1n) is 9.24. The third kappa shape index (κ3) is 4.72. The molecule has 0 radical (unpaired) electrons. The van der Waals surface area contributed by atoms with Crippen LogP contribution >= 0.6 is 0 Å². The lowest BCUT2D eigenvalue weighted by molar-refractivity contribution is -0.131. The highest BCUT2D eigenvalue weighted by Crippen LogP contribution is 2.43. The Kier molecular flexibility index (Phi) is 5.61. The van der Waals surface area contributed by atoms with Crippen LogP contribution in [0.2, 0.25) is 0 Å². The zero-order chi connectivity index (χ0) is 19.6. The van der Waals surface area contributed by atoms with Gasteiger partial charge in [0.25, 0.3) is 0 Å². The number of benzene rings is 2. The average Bonchev–Trinajstić information content (AvgIpc) is 2.62. The van der Waals surface area contributed by atoms with E-state index in [9.17, 15) is 13.6 Å². The Hall–Kier alpha value is -2.27. The Bertz CT molecular complexity index is 733. The molecule has 1 N–H and O–H groups in total. The lowest BCUT2D eigenvalue weighted by Gasteiger charge is -2.43. The predicted molar refractivity (Wildman–Crippen MR) is 100.0 cm³/mol. The van der Waals surface area contributed by atoms with Gasteiger partial charge in [0, 0.05) is 24.3 Å². The van der Waals surface area contributed by atoms with Gasteiger partial charge in [0.15, 0.2) is 0 Å². The zero-order valence-corrected chi connectivity index (χ0v) is 15.8. The van der Waals surface area contributed by atoms with Crippen molar-refractivity contribution < 1.29 is 18.3 Å². The molecule has 2 aromatic rings. The minimum atomic E-state index is -0.488. The molecular formula is C22H25F2NO2. The summed E-state index contributed by atoms with van der Waals surface area (Å²) in [5, 5.41) is 3.15. The zero-order valence-electron chi connectivity index (χ0n) is 15.8. The summed E-state index contributed by atoms with van der Waals surface area (Å²) in [6, 6.07) is 12.5. The highest BCUT2D eigenvalue weighted by molar-refractivity contribution is 5.78. The summed E-state index contributed by atoms with van der Waals surface area (Å²) in [5.74, 6) is -0.755. The molecule has 5 heteroatoms. The number of nitrogens with one attached hydrogen (secondary N) is 1. The molecule has 0 aliphatic carbocycles. The van der Waals surface area contributed by atoms with Crippen molar-refractivity contribution >= 4 is 5.91 Å². The first kappa shape index (κ1) is 19.5. The van der Waals surface area contributed by atoms with Gasteiger partial charge >= 0.3 is 0 Å². The van der Waals surface area contributed by atoms with Crippen molar-refractivity contribution in [3.05, 3.63) is 71.3 Å². The van der Waals surface area contributed by atoms with Crippen LogP contribution in [0, 0.1) is 17.6 Å². The van der Waals surface area contributed by atoms with Crippen molar-refractivity contribution in [2.45, 2.75) is 51.4 Å². The standard InChI is InChI=1S/C22H25F2NO2/c1-14(2)21(26)25-22(3)12-19(15-4-8-17(23)9-5-15)27-20(13-22)16-6-10-18(24)11-7-16/h4-11,14,19-20H,12-13H2,1-3H3,(H,25,26)/t19-,20+,22?. The van der Waals surface area contributed by atoms with Crippen LogP contribution in [-0.4, -0.2) is 11.4 Å². The molecule has 0 aromatic heterocycles. The summed E-state index contributed by atoms with van der Waals surface area (Å²) in [5.41, 5.74) is 1.22. The molecular weight excluding hydrogens is 348 g/mol. The number of hydrogen-bond donors (Lipinski definition) is 1. The second-order valence-electron chi connectivity index (χ2n) is 7.83. The van der Waals surface area contributed by atoms with Gasteiger partial charge in [-0.3, -0.25) is 4.79 Å². The largest absolute Gasteiger partial charge is 0.365 e. The maximum atomic E-state index is 13.3. The molecule has 3 rings (SSSR count). The van der Waals surface area contributed by atoms with Crippen LogP contribution in [0.15, 0.2) is 48.5 Å². The van der Waals surface area contributed by atoms with Crippen LogP contribution in [0.3, 0.4) is 0 Å². The van der Waals surface area contributed by atoms with Gasteiger partial charge in [0.1, 0.15) is 11.6 Å². The van der Waals surface area contributed by atoms with Crippen LogP contribution < -0.4 is 5.32 Å². The number of carbonyl (C=O) groups excluding carboxylic acids is 1. The Balaban J connectivity index is 1.91. The van der Waals surface area contributed by atoms with E-state index in [0.29, 0.717) is 12.8 Å². The average molecular weight is 373 g/mol. The Morgan fingerprint density at radius 2 is 1.37 bits per heavy atom. The second-order valence-corrected chi connectivity index (χ2v) is 7.83. The van der Waals surface area contributed by atoms with Crippen LogP contribution in [0.4, 0.5) is 8.78 Å². The Morgan fingerprint density at radius 1 is 0.963 bits per heavy atom. The molecule has 0 saturated carbocycles. The molecule has 3 nitrogen and oxygen atoms in total. The van der Waals surface area contributed by atoms with E-state index >= 15 is 0 Å². The topological polar surface area (TPSA) is 38.3 Å². The molecule has 0 bridgehead atoms. The van der Waals surface area contributed by atoms with E-state index in [-0.39, 0.29) is 35.7 Å². The first-order chi connectivity index (χ1) is 12.8. The lowest BCUT2D eigenvalue weighted by Crippen LogP contribution is -2.52. The van der Waals surface area contributed by atoms with Gasteiger partial charge in [-0.25, -0.2) is 8.78 Å². The third-order valence-electron chi connectivity index (χ3n) is 5.03. The summed E-state index contributed by atoms with van der Waals surface area (Å²) >= 11 is 0. The van der Waals surface area contributed by atoms with Gasteiger partial charge in [0.2, 0.25) is 5.91 Å². The highest BCUT2D eigenvalue weighted by Gasteiger charge is 2.40. The Morgan fingerprint density at radius 3 is 1.74 bits per heavy atom. The van der Waals surface area contributed by atoms with E-state index in [1.54, 1.807) is 24.3 Å². The normalized spacial score (nSPS) is 25.4. The minimum Gasteiger partial charge on any atom is -0.365 e. The fourth-order valence-corrected chi connectivity index (χ4v) is 3.49. The van der Waals surface area contributed by atoms with E-state index < -0.39 is 5.54 Å². The maximum Gasteiger partial charge on any atom is 0.222 e. The minimum absolute atomic E-state index is 0.0184. The molecule has 1 aliphatic rings. The molecule has 144 valence electrons. The molecule has 1 aliphatic heterocycles. The quantitative estimate of drug-likeness (QED) is 0.811. The van der Waals surface area contributed by atoms with Crippen molar-refractivity contribution in [2.75, 3.05) is 0 Å². The number of amides is 1. The molecule has 1 fully saturated rings. The predicted octanol–water partition coefficient (Wildman–Crippen LogP) is 5.09. The third-order valence-corrected chi connectivity index (χ3v) is 5.03. The van der Waals surface area contributed by atoms with E-state index in [0.717, 1.165) is 11.1 Å². The van der Waals surface area contributed by atoms with Crippen molar-refractivity contribution in [2.24, 2.45) is 5.92 Å². The molecule has 3 atom stereocenters. The van der Waals surface area contributed by atoms with Gasteiger partial charge < -0.3 is 10.1 Å². The lowest BCUT2D eigenvalue weighted by atomic mass is 9.81. The van der Waals surface area contributed by atoms with E-state index in [2.05, 4.69) is 5.32 Å². The van der Waals surface area contributed by atoms with Crippen LogP contribution in [0.25, 0.3) is 0 Å². The molecule has 1 unspecified atom stereocenters. The van der Waals surface area contributed by atoms with Crippen molar-refractivity contribution in [1.29, 1.82) is 0 Å². The number of carbonyl (C=O) groups is 1. The van der Waals surface area contributed by atoms with Gasteiger partial charge in [-0.05, 0) is 42.3 Å². The van der Waals surface area contributed by atoms with Crippen molar-refractivity contribution in [3.8, 4) is 0 Å². The molecule has 27 heavy (non-hydrogen) atoms. The van der Waals surface area contributed by atoms with E-state index in [1.807, 2.05) is 20.8 Å². The summed E-state index contributed by atoms with van der Waals surface area (Å²) in [4.78, 5) is 12.3. The highest BCUT2D eigenvalue weighted by atomic mass is 19.1. The van der Waals surface area contributed by atoms with Gasteiger partial charge in [-0.15, -0.1) is 0 Å². The van der Waals surface area contributed by atoms with Crippen molar-refractivity contribution in [1.82, 2.24) is 5.32 Å². The number of ether oxygens (including phenoxy) is 1. The van der Waals surface area contributed by atoms with E-state index in [4.69, 9.17) is 4.74 Å². The van der Waals surface area contributed by atoms with Gasteiger partial charge in [-0.2, -0.15) is 0 Å². The fourth-order valence-electron chi connectivity index (χ4n) is 3.49. The maximum absolute atomic E-state index is 13.3. The molecule has 1 heterocycles. The second kappa shape index (κ2) is 7.77. The number of halogens is 2. The summed E-state index contributed by atoms with van der Waals surface area (Å²) in [7, 11) is 0. The van der Waals surface area contributed by atoms with Gasteiger partial charge in [0.05, 0.1) is 12.2 Å². The first-order valence-corrected chi connectivity index (χ1v) is 9.24. The number of hydrogen-bond acceptors (Lipinski definition) is 2. The molecule has 2 aromatic carbocycles. The number of rotatable bonds is 4. The summed E-state index contributed by atoms with van der Waals surface area (Å²) in [6.07, 6.45) is 0.558. The summed E-state index contributed by atoms with van der Waals surface area (Å²) in [6.45, 7) is 5.71. The monoisotopic (exact) mass is 373 g/mol. The fraction of sp³-hybridized carbons (Fsp3) is 0.409. The molecule has 1 amide bonds. The smallest absolute Gasteiger partial charge is 0.222 e. The van der Waals surface area contributed by atoms with Crippen LogP contribution in [-0.2, 0) is 9.53 Å². The van der Waals surface area contributed by atoms with Gasteiger partial charge in [-0.1, -0.05) is 38.1 Å². The van der Waals surface area contributed by atoms with Crippen LogP contribution in [0.1, 0.15) is 56.9 Å².